The molecule has 6 heteroatoms. The molecule has 1 atom stereocenters. The quantitative estimate of drug-likeness (QED) is 0.819. The Bertz CT molecular complexity index is 626. The third kappa shape index (κ3) is 3.96. The van der Waals surface area contributed by atoms with Gasteiger partial charge in [0.15, 0.2) is 0 Å². The van der Waals surface area contributed by atoms with Crippen molar-refractivity contribution in [3.8, 4) is 5.88 Å². The molecule has 1 amide bonds. The van der Waals surface area contributed by atoms with Gasteiger partial charge in [0.2, 0.25) is 5.88 Å². The molecule has 1 N–H and O–H groups in total. The van der Waals surface area contributed by atoms with Gasteiger partial charge in [0, 0.05) is 30.7 Å². The van der Waals surface area contributed by atoms with Gasteiger partial charge in [-0.15, -0.1) is 0 Å². The Morgan fingerprint density at radius 3 is 2.76 bits per heavy atom. The minimum absolute atomic E-state index is 0.139. The number of carbonyl (C=O) groups is 1. The van der Waals surface area contributed by atoms with Crippen molar-refractivity contribution in [1.82, 2.24) is 20.1 Å². The smallest absolute Gasteiger partial charge is 0.256 e. The van der Waals surface area contributed by atoms with E-state index in [2.05, 4.69) is 36.2 Å². The van der Waals surface area contributed by atoms with Gasteiger partial charge in [-0.1, -0.05) is 12.8 Å². The van der Waals surface area contributed by atoms with E-state index in [1.54, 1.807) is 7.11 Å². The molecular formula is C19H30N4O2. The number of ether oxygens (including phenoxy) is 1. The fraction of sp³-hybridized carbons (Fsp3) is 0.684. The number of aromatic nitrogens is 1. The molecule has 25 heavy (non-hydrogen) atoms. The average molecular weight is 346 g/mol. The molecule has 1 aliphatic carbocycles. The Kier molecular flexibility index (Phi) is 5.59. The van der Waals surface area contributed by atoms with Crippen molar-refractivity contribution in [2.24, 2.45) is 0 Å². The number of nitrogens with one attached hydrogen (secondary N) is 1. The molecule has 1 aromatic rings. The Morgan fingerprint density at radius 2 is 2.12 bits per heavy atom. The Balaban J connectivity index is 1.75. The standard InChI is InChI=1S/C19H30N4O2/c1-13(11-22(2)3)20-10-14-9-16-17(21-18(14)25-4)12-23(19(16)24)15-7-5-6-8-15/h9,13,15,20H,5-8,10-12H2,1-4H3. The number of hydrogen-bond donors (Lipinski definition) is 1. The van der Waals surface area contributed by atoms with Crippen LogP contribution in [0.25, 0.3) is 0 Å². The third-order valence-electron chi connectivity index (χ3n) is 5.19. The molecule has 0 spiro atoms. The summed E-state index contributed by atoms with van der Waals surface area (Å²) in [6.07, 6.45) is 4.68. The molecule has 0 bridgehead atoms. The van der Waals surface area contributed by atoms with E-state index in [0.717, 1.165) is 36.2 Å². The third-order valence-corrected chi connectivity index (χ3v) is 5.19. The fourth-order valence-electron chi connectivity index (χ4n) is 3.98. The molecule has 0 saturated heterocycles. The van der Waals surface area contributed by atoms with Crippen LogP contribution in [0, 0.1) is 0 Å². The van der Waals surface area contributed by atoms with Crippen LogP contribution >= 0.6 is 0 Å². The van der Waals surface area contributed by atoms with Gasteiger partial charge in [-0.05, 0) is 39.9 Å². The number of amides is 1. The summed E-state index contributed by atoms with van der Waals surface area (Å²) < 4.78 is 5.49. The highest BCUT2D eigenvalue weighted by atomic mass is 16.5. The van der Waals surface area contributed by atoms with Crippen LogP contribution in [-0.4, -0.2) is 60.5 Å². The summed E-state index contributed by atoms with van der Waals surface area (Å²) in [7, 11) is 5.77. The van der Waals surface area contributed by atoms with Crippen LogP contribution in [0.1, 0.15) is 54.2 Å². The molecule has 2 aliphatic rings. The molecule has 1 aliphatic heterocycles. The second kappa shape index (κ2) is 7.70. The number of fused-ring (bicyclic) bond motifs is 1. The van der Waals surface area contributed by atoms with Crippen LogP contribution in [0.4, 0.5) is 0 Å². The highest BCUT2D eigenvalue weighted by Gasteiger charge is 2.35. The van der Waals surface area contributed by atoms with Crippen molar-refractivity contribution >= 4 is 5.91 Å². The number of nitrogens with zero attached hydrogens (tertiary/aromatic N) is 3. The van der Waals surface area contributed by atoms with Crippen molar-refractivity contribution in [1.29, 1.82) is 0 Å². The predicted molar refractivity (Wildman–Crippen MR) is 97.8 cm³/mol. The molecule has 1 saturated carbocycles. The van der Waals surface area contributed by atoms with Gasteiger partial charge in [0.1, 0.15) is 0 Å². The monoisotopic (exact) mass is 346 g/mol. The Morgan fingerprint density at radius 1 is 1.40 bits per heavy atom. The first kappa shape index (κ1) is 18.1. The van der Waals surface area contributed by atoms with Gasteiger partial charge in [0.25, 0.3) is 5.91 Å². The summed E-state index contributed by atoms with van der Waals surface area (Å²) in [5.74, 6) is 0.768. The molecule has 0 radical (unpaired) electrons. The molecule has 0 aromatic carbocycles. The number of carbonyl (C=O) groups excluding carboxylic acids is 1. The fourth-order valence-corrected chi connectivity index (χ4v) is 3.98. The van der Waals surface area contributed by atoms with Gasteiger partial charge >= 0.3 is 0 Å². The molecule has 3 rings (SSSR count). The summed E-state index contributed by atoms with van der Waals surface area (Å²) in [4.78, 5) is 21.6. The average Bonchev–Trinajstić information content (AvgIpc) is 3.20. The molecule has 1 aromatic heterocycles. The first-order valence-electron chi connectivity index (χ1n) is 9.25. The highest BCUT2D eigenvalue weighted by molar-refractivity contribution is 5.98. The SMILES string of the molecule is COc1nc2c(cc1CNC(C)CN(C)C)C(=O)N(C1CCCC1)C2. The van der Waals surface area contributed by atoms with Crippen LogP contribution in [0.3, 0.4) is 0 Å². The molecule has 2 heterocycles. The molecular weight excluding hydrogens is 316 g/mol. The predicted octanol–water partition coefficient (Wildman–Crippen LogP) is 2.03. The van der Waals surface area contributed by atoms with Gasteiger partial charge < -0.3 is 19.9 Å². The number of likely N-dealkylation sites (N-methyl/N-ethyl adjacent to an activating group) is 1. The van der Waals surface area contributed by atoms with Crippen molar-refractivity contribution in [2.75, 3.05) is 27.7 Å². The zero-order chi connectivity index (χ0) is 18.0. The largest absolute Gasteiger partial charge is 0.481 e. The number of methoxy groups -OCH3 is 1. The lowest BCUT2D eigenvalue weighted by molar-refractivity contribution is 0.0706. The number of pyridine rings is 1. The maximum absolute atomic E-state index is 12.8. The lowest BCUT2D eigenvalue weighted by Crippen LogP contribution is -2.35. The molecule has 1 fully saturated rings. The van der Waals surface area contributed by atoms with E-state index in [9.17, 15) is 4.79 Å². The summed E-state index contributed by atoms with van der Waals surface area (Å²) in [5.41, 5.74) is 2.57. The van der Waals surface area contributed by atoms with Crippen molar-refractivity contribution in [3.63, 3.8) is 0 Å². The number of hydrogen-bond acceptors (Lipinski definition) is 5. The van der Waals surface area contributed by atoms with E-state index in [4.69, 9.17) is 4.74 Å². The molecule has 138 valence electrons. The number of rotatable bonds is 7. The van der Waals surface area contributed by atoms with E-state index < -0.39 is 0 Å². The second-order valence-corrected chi connectivity index (χ2v) is 7.57. The van der Waals surface area contributed by atoms with Gasteiger partial charge in [-0.25, -0.2) is 4.98 Å². The van der Waals surface area contributed by atoms with E-state index in [1.165, 1.54) is 12.8 Å². The highest BCUT2D eigenvalue weighted by Crippen LogP contribution is 2.33. The molecule has 6 nitrogen and oxygen atoms in total. The zero-order valence-electron chi connectivity index (χ0n) is 15.8. The van der Waals surface area contributed by atoms with E-state index >= 15 is 0 Å². The van der Waals surface area contributed by atoms with Crippen LogP contribution < -0.4 is 10.1 Å². The van der Waals surface area contributed by atoms with Crippen LogP contribution in [0.5, 0.6) is 5.88 Å². The topological polar surface area (TPSA) is 57.7 Å². The van der Waals surface area contributed by atoms with Crippen LogP contribution in [0.15, 0.2) is 6.07 Å². The maximum Gasteiger partial charge on any atom is 0.256 e. The summed E-state index contributed by atoms with van der Waals surface area (Å²) in [5, 5.41) is 3.49. The van der Waals surface area contributed by atoms with Gasteiger partial charge in [0.05, 0.1) is 24.9 Å². The normalized spacial score (nSPS) is 18.9. The molecule has 1 unspecified atom stereocenters. The lowest BCUT2D eigenvalue weighted by Gasteiger charge is -2.22. The first-order valence-corrected chi connectivity index (χ1v) is 9.25. The Labute approximate surface area is 150 Å². The summed E-state index contributed by atoms with van der Waals surface area (Å²) >= 11 is 0. The van der Waals surface area contributed by atoms with Crippen LogP contribution in [-0.2, 0) is 13.1 Å². The second-order valence-electron chi connectivity index (χ2n) is 7.57. The minimum atomic E-state index is 0.139. The van der Waals surface area contributed by atoms with E-state index in [1.807, 2.05) is 11.0 Å². The maximum atomic E-state index is 12.8. The first-order chi connectivity index (χ1) is 12.0. The van der Waals surface area contributed by atoms with E-state index in [-0.39, 0.29) is 5.91 Å². The Hall–Kier alpha value is -1.66. The van der Waals surface area contributed by atoms with Gasteiger partial charge in [-0.2, -0.15) is 0 Å². The van der Waals surface area contributed by atoms with Crippen molar-refractivity contribution in [3.05, 3.63) is 22.9 Å². The zero-order valence-corrected chi connectivity index (χ0v) is 15.8. The van der Waals surface area contributed by atoms with Gasteiger partial charge in [-0.3, -0.25) is 4.79 Å². The van der Waals surface area contributed by atoms with Crippen molar-refractivity contribution in [2.45, 2.75) is 57.8 Å². The summed E-state index contributed by atoms with van der Waals surface area (Å²) in [6, 6.07) is 2.71. The van der Waals surface area contributed by atoms with Crippen LogP contribution in [0.2, 0.25) is 0 Å². The summed E-state index contributed by atoms with van der Waals surface area (Å²) in [6.45, 7) is 4.38. The lowest BCUT2D eigenvalue weighted by atomic mass is 10.1. The minimum Gasteiger partial charge on any atom is -0.481 e. The van der Waals surface area contributed by atoms with E-state index in [0.29, 0.717) is 31.1 Å². The van der Waals surface area contributed by atoms with Crippen molar-refractivity contribution < 1.29 is 9.53 Å².